The SMILES string of the molecule is Cc1cc2c(cc1/C=N/NC(=O)COc1cccc(Cl)c1)[C@@H](C)CC(C)(C)N2C. The van der Waals surface area contributed by atoms with E-state index in [1.54, 1.807) is 30.5 Å². The molecule has 1 aliphatic heterocycles. The summed E-state index contributed by atoms with van der Waals surface area (Å²) in [5.74, 6) is 0.680. The van der Waals surface area contributed by atoms with Crippen LogP contribution in [0.2, 0.25) is 5.02 Å². The molecule has 0 radical (unpaired) electrons. The Kier molecular flexibility index (Phi) is 6.18. The van der Waals surface area contributed by atoms with Gasteiger partial charge in [-0.3, -0.25) is 4.79 Å². The van der Waals surface area contributed by atoms with Crippen LogP contribution in [0.15, 0.2) is 41.5 Å². The zero-order chi connectivity index (χ0) is 21.2. The number of ether oxygens (including phenoxy) is 1. The molecule has 1 N–H and O–H groups in total. The maximum atomic E-state index is 12.0. The molecule has 5 nitrogen and oxygen atoms in total. The van der Waals surface area contributed by atoms with Gasteiger partial charge in [-0.2, -0.15) is 5.10 Å². The molecule has 0 spiro atoms. The molecule has 0 unspecified atom stereocenters. The average Bonchev–Trinajstić information content (AvgIpc) is 2.65. The van der Waals surface area contributed by atoms with E-state index in [0.29, 0.717) is 16.7 Å². The van der Waals surface area contributed by atoms with Crippen LogP contribution in [0.25, 0.3) is 0 Å². The molecule has 1 aliphatic rings. The van der Waals surface area contributed by atoms with Crippen LogP contribution in [0, 0.1) is 6.92 Å². The van der Waals surface area contributed by atoms with Gasteiger partial charge in [0.2, 0.25) is 0 Å². The molecule has 0 fully saturated rings. The Morgan fingerprint density at radius 3 is 2.86 bits per heavy atom. The standard InChI is InChI=1S/C23H28ClN3O2/c1-15-9-21-20(16(2)12-23(3,4)27(21)5)10-17(15)13-25-26-22(28)14-29-19-8-6-7-18(24)11-19/h6-11,13,16H,12,14H2,1-5H3,(H,26,28)/b25-13+/t16-/m0/s1. The van der Waals surface area contributed by atoms with Crippen LogP contribution < -0.4 is 15.1 Å². The van der Waals surface area contributed by atoms with Gasteiger partial charge >= 0.3 is 0 Å². The highest BCUT2D eigenvalue weighted by Gasteiger charge is 2.34. The number of carbonyl (C=O) groups excluding carboxylic acids is 1. The third-order valence-electron chi connectivity index (χ3n) is 5.58. The van der Waals surface area contributed by atoms with Crippen LogP contribution in [0.3, 0.4) is 0 Å². The molecule has 1 amide bonds. The monoisotopic (exact) mass is 413 g/mol. The maximum absolute atomic E-state index is 12.0. The normalized spacial score (nSPS) is 17.9. The molecule has 154 valence electrons. The van der Waals surface area contributed by atoms with Gasteiger partial charge in [0.25, 0.3) is 5.91 Å². The van der Waals surface area contributed by atoms with Crippen LogP contribution in [-0.4, -0.2) is 31.3 Å². The lowest BCUT2D eigenvalue weighted by Crippen LogP contribution is -2.45. The molecule has 0 saturated carbocycles. The second-order valence-electron chi connectivity index (χ2n) is 8.28. The van der Waals surface area contributed by atoms with Gasteiger partial charge in [-0.1, -0.05) is 24.6 Å². The molecule has 2 aromatic carbocycles. The lowest BCUT2D eigenvalue weighted by Gasteiger charge is -2.45. The molecule has 1 heterocycles. The van der Waals surface area contributed by atoms with E-state index in [0.717, 1.165) is 17.5 Å². The summed E-state index contributed by atoms with van der Waals surface area (Å²) >= 11 is 5.90. The van der Waals surface area contributed by atoms with Crippen LogP contribution in [0.1, 0.15) is 49.8 Å². The zero-order valence-corrected chi connectivity index (χ0v) is 18.4. The fraction of sp³-hybridized carbons (Fsp3) is 0.391. The van der Waals surface area contributed by atoms with Gasteiger partial charge in [-0.15, -0.1) is 0 Å². The highest BCUT2D eigenvalue weighted by atomic mass is 35.5. The van der Waals surface area contributed by atoms with Crippen molar-refractivity contribution in [2.24, 2.45) is 5.10 Å². The number of carbonyl (C=O) groups is 1. The highest BCUT2D eigenvalue weighted by Crippen LogP contribution is 2.43. The van der Waals surface area contributed by atoms with E-state index in [9.17, 15) is 4.79 Å². The first-order valence-corrected chi connectivity index (χ1v) is 10.1. The van der Waals surface area contributed by atoms with Crippen molar-refractivity contribution in [2.45, 2.75) is 45.6 Å². The van der Waals surface area contributed by atoms with Gasteiger partial charge < -0.3 is 9.64 Å². The van der Waals surface area contributed by atoms with Gasteiger partial charge in [0, 0.05) is 23.3 Å². The van der Waals surface area contributed by atoms with Gasteiger partial charge in [0.15, 0.2) is 6.61 Å². The summed E-state index contributed by atoms with van der Waals surface area (Å²) in [6.45, 7) is 8.75. The summed E-state index contributed by atoms with van der Waals surface area (Å²) in [6, 6.07) is 11.3. The third-order valence-corrected chi connectivity index (χ3v) is 5.82. The number of aryl methyl sites for hydroxylation is 1. The Morgan fingerprint density at radius 1 is 1.38 bits per heavy atom. The minimum atomic E-state index is -0.327. The smallest absolute Gasteiger partial charge is 0.277 e. The first kappa shape index (κ1) is 21.2. The van der Waals surface area contributed by atoms with Crippen molar-refractivity contribution in [2.75, 3.05) is 18.6 Å². The summed E-state index contributed by atoms with van der Waals surface area (Å²) in [7, 11) is 2.15. The number of fused-ring (bicyclic) bond motifs is 1. The minimum absolute atomic E-state index is 0.127. The molecule has 0 bridgehead atoms. The number of halogens is 1. The fourth-order valence-electron chi connectivity index (χ4n) is 3.79. The van der Waals surface area contributed by atoms with Gasteiger partial charge in [-0.05, 0) is 80.1 Å². The van der Waals surface area contributed by atoms with Crippen LogP contribution >= 0.6 is 11.6 Å². The van der Waals surface area contributed by atoms with Crippen molar-refractivity contribution in [3.05, 3.63) is 58.1 Å². The first-order valence-electron chi connectivity index (χ1n) is 9.76. The number of benzene rings is 2. The number of hydrogen-bond donors (Lipinski definition) is 1. The van der Waals surface area contributed by atoms with Crippen molar-refractivity contribution in [3.8, 4) is 5.75 Å². The Bertz CT molecular complexity index is 940. The Morgan fingerprint density at radius 2 is 2.14 bits per heavy atom. The van der Waals surface area contributed by atoms with Gasteiger partial charge in [-0.25, -0.2) is 5.43 Å². The van der Waals surface area contributed by atoms with Crippen molar-refractivity contribution < 1.29 is 9.53 Å². The third kappa shape index (κ3) is 4.91. The summed E-state index contributed by atoms with van der Waals surface area (Å²) in [5.41, 5.74) is 7.35. The second-order valence-corrected chi connectivity index (χ2v) is 8.72. The lowest BCUT2D eigenvalue weighted by molar-refractivity contribution is -0.123. The highest BCUT2D eigenvalue weighted by molar-refractivity contribution is 6.30. The Labute approximate surface area is 177 Å². The molecule has 3 rings (SSSR count). The number of anilines is 1. The lowest BCUT2D eigenvalue weighted by atomic mass is 9.79. The van der Waals surface area contributed by atoms with E-state index in [1.165, 1.54) is 11.3 Å². The largest absolute Gasteiger partial charge is 0.484 e. The minimum Gasteiger partial charge on any atom is -0.484 e. The maximum Gasteiger partial charge on any atom is 0.277 e. The topological polar surface area (TPSA) is 53.9 Å². The number of amides is 1. The van der Waals surface area contributed by atoms with E-state index < -0.39 is 0 Å². The van der Waals surface area contributed by atoms with E-state index in [-0.39, 0.29) is 18.1 Å². The summed E-state index contributed by atoms with van der Waals surface area (Å²) in [6.07, 6.45) is 2.78. The molecule has 0 saturated heterocycles. The Hall–Kier alpha value is -2.53. The quantitative estimate of drug-likeness (QED) is 0.560. The molecule has 2 aromatic rings. The van der Waals surface area contributed by atoms with E-state index in [1.807, 2.05) is 0 Å². The van der Waals surface area contributed by atoms with E-state index >= 15 is 0 Å². The predicted octanol–water partition coefficient (Wildman–Crippen LogP) is 4.90. The second kappa shape index (κ2) is 8.46. The number of hydrogen-bond acceptors (Lipinski definition) is 4. The van der Waals surface area contributed by atoms with Crippen molar-refractivity contribution in [3.63, 3.8) is 0 Å². The average molecular weight is 414 g/mol. The summed E-state index contributed by atoms with van der Waals surface area (Å²) in [4.78, 5) is 14.3. The molecule has 1 atom stereocenters. The fourth-order valence-corrected chi connectivity index (χ4v) is 3.97. The molecule has 0 aromatic heterocycles. The summed E-state index contributed by atoms with van der Waals surface area (Å²) < 4.78 is 5.42. The number of hydrazone groups is 1. The van der Waals surface area contributed by atoms with Gasteiger partial charge in [0.05, 0.1) is 6.21 Å². The van der Waals surface area contributed by atoms with Crippen LogP contribution in [-0.2, 0) is 4.79 Å². The molecule has 29 heavy (non-hydrogen) atoms. The number of nitrogens with zero attached hydrogens (tertiary/aromatic N) is 2. The molecule has 6 heteroatoms. The predicted molar refractivity (Wildman–Crippen MR) is 119 cm³/mol. The summed E-state index contributed by atoms with van der Waals surface area (Å²) in [5, 5.41) is 4.67. The van der Waals surface area contributed by atoms with Crippen LogP contribution in [0.4, 0.5) is 5.69 Å². The Balaban J connectivity index is 1.65. The number of rotatable bonds is 5. The van der Waals surface area contributed by atoms with Gasteiger partial charge in [0.1, 0.15) is 5.75 Å². The van der Waals surface area contributed by atoms with Crippen molar-refractivity contribution in [1.29, 1.82) is 0 Å². The molecular weight excluding hydrogens is 386 g/mol. The zero-order valence-electron chi connectivity index (χ0n) is 17.6. The van der Waals surface area contributed by atoms with E-state index in [2.05, 4.69) is 62.3 Å². The molecule has 0 aliphatic carbocycles. The van der Waals surface area contributed by atoms with Crippen molar-refractivity contribution in [1.82, 2.24) is 5.43 Å². The van der Waals surface area contributed by atoms with Crippen molar-refractivity contribution >= 4 is 29.4 Å². The van der Waals surface area contributed by atoms with E-state index in [4.69, 9.17) is 16.3 Å². The first-order chi connectivity index (χ1) is 13.7. The van der Waals surface area contributed by atoms with Crippen LogP contribution in [0.5, 0.6) is 5.75 Å². The number of nitrogens with one attached hydrogen (secondary N) is 1. The molecular formula is C23H28ClN3O2.